The molecule has 0 bridgehead atoms. The summed E-state index contributed by atoms with van der Waals surface area (Å²) in [7, 11) is -3.85. The van der Waals surface area contributed by atoms with Crippen LogP contribution in [-0.2, 0) is 23.0 Å². The van der Waals surface area contributed by atoms with Crippen molar-refractivity contribution in [2.75, 3.05) is 13.6 Å². The number of terminal acetylenes is 1. The van der Waals surface area contributed by atoms with E-state index in [0.29, 0.717) is 24.9 Å². The molecule has 0 aromatic heterocycles. The lowest BCUT2D eigenvalue weighted by Gasteiger charge is -2.32. The van der Waals surface area contributed by atoms with Gasteiger partial charge in [-0.05, 0) is 37.9 Å². The highest BCUT2D eigenvalue weighted by molar-refractivity contribution is 7.88. The van der Waals surface area contributed by atoms with Gasteiger partial charge in [0.25, 0.3) is 0 Å². The second kappa shape index (κ2) is 6.42. The van der Waals surface area contributed by atoms with E-state index >= 15 is 0 Å². The molecule has 0 radical (unpaired) electrons. The number of benzene rings is 1. The predicted octanol–water partition coefficient (Wildman–Crippen LogP) is 2.34. The molecule has 0 N–H and O–H groups in total. The summed E-state index contributed by atoms with van der Waals surface area (Å²) < 4.78 is 64.4. The molecule has 1 aliphatic rings. The van der Waals surface area contributed by atoms with Gasteiger partial charge in [0.1, 0.15) is 5.75 Å². The Morgan fingerprint density at radius 3 is 2.74 bits per heavy atom. The number of hydrogen-bond donors (Lipinski definition) is 0. The SMILES string of the molecule is C#CCN(C)C1CCc2cccc(OS(=O)(=O)C(F)(F)F)c2C1. The first-order chi connectivity index (χ1) is 10.7. The van der Waals surface area contributed by atoms with Crippen molar-refractivity contribution in [3.05, 3.63) is 29.3 Å². The number of likely N-dealkylation sites (N-methyl/N-ethyl adjacent to an activating group) is 1. The van der Waals surface area contributed by atoms with Gasteiger partial charge in [0.2, 0.25) is 0 Å². The fraction of sp³-hybridized carbons (Fsp3) is 0.467. The lowest BCUT2D eigenvalue weighted by Crippen LogP contribution is -2.37. The Morgan fingerprint density at radius 2 is 2.13 bits per heavy atom. The largest absolute Gasteiger partial charge is 0.534 e. The van der Waals surface area contributed by atoms with Crippen LogP contribution < -0.4 is 4.18 Å². The van der Waals surface area contributed by atoms with E-state index in [9.17, 15) is 21.6 Å². The molecule has 0 heterocycles. The molecule has 0 saturated carbocycles. The highest BCUT2D eigenvalue weighted by atomic mass is 32.2. The number of fused-ring (bicyclic) bond motifs is 1. The second-order valence-corrected chi connectivity index (χ2v) is 6.93. The minimum atomic E-state index is -5.68. The van der Waals surface area contributed by atoms with Crippen LogP contribution in [0.5, 0.6) is 5.75 Å². The summed E-state index contributed by atoms with van der Waals surface area (Å²) in [6, 6.07) is 4.52. The minimum absolute atomic E-state index is 0.0249. The van der Waals surface area contributed by atoms with Crippen molar-refractivity contribution in [3.8, 4) is 18.1 Å². The molecule has 1 atom stereocenters. The topological polar surface area (TPSA) is 46.6 Å². The van der Waals surface area contributed by atoms with E-state index in [1.54, 1.807) is 6.07 Å². The van der Waals surface area contributed by atoms with Crippen LogP contribution in [0.1, 0.15) is 17.5 Å². The van der Waals surface area contributed by atoms with Crippen LogP contribution in [0, 0.1) is 12.3 Å². The molecule has 2 rings (SSSR count). The molecular weight excluding hydrogens is 331 g/mol. The molecule has 4 nitrogen and oxygen atoms in total. The van der Waals surface area contributed by atoms with Crippen LogP contribution in [0.2, 0.25) is 0 Å². The van der Waals surface area contributed by atoms with Crippen molar-refractivity contribution < 1.29 is 25.8 Å². The van der Waals surface area contributed by atoms with Crippen molar-refractivity contribution in [2.45, 2.75) is 30.8 Å². The zero-order chi connectivity index (χ0) is 17.3. The lowest BCUT2D eigenvalue weighted by molar-refractivity contribution is -0.0500. The number of alkyl halides is 3. The summed E-state index contributed by atoms with van der Waals surface area (Å²) in [5.41, 5.74) is -4.17. The number of hydrogen-bond acceptors (Lipinski definition) is 4. The second-order valence-electron chi connectivity index (χ2n) is 5.39. The first-order valence-corrected chi connectivity index (χ1v) is 8.31. The van der Waals surface area contributed by atoms with Gasteiger partial charge in [-0.2, -0.15) is 21.6 Å². The highest BCUT2D eigenvalue weighted by Gasteiger charge is 2.49. The van der Waals surface area contributed by atoms with Gasteiger partial charge in [-0.3, -0.25) is 4.90 Å². The Labute approximate surface area is 133 Å². The minimum Gasteiger partial charge on any atom is -0.376 e. The van der Waals surface area contributed by atoms with Gasteiger partial charge in [0, 0.05) is 11.6 Å². The average Bonchev–Trinajstić information content (AvgIpc) is 2.46. The summed E-state index contributed by atoms with van der Waals surface area (Å²) in [5.74, 6) is 2.25. The summed E-state index contributed by atoms with van der Waals surface area (Å²) in [4.78, 5) is 1.91. The molecule has 23 heavy (non-hydrogen) atoms. The van der Waals surface area contributed by atoms with E-state index < -0.39 is 15.6 Å². The average molecular weight is 347 g/mol. The van der Waals surface area contributed by atoms with E-state index in [0.717, 1.165) is 12.0 Å². The van der Waals surface area contributed by atoms with Crippen molar-refractivity contribution in [3.63, 3.8) is 0 Å². The van der Waals surface area contributed by atoms with Gasteiger partial charge in [0.05, 0.1) is 6.54 Å². The molecule has 0 amide bonds. The standard InChI is InChI=1S/C15H16F3NO3S/c1-3-9-19(2)12-8-7-11-5-4-6-14(13(11)10-12)22-23(20,21)15(16,17)18/h1,4-6,12H,7-10H2,2H3. The Morgan fingerprint density at radius 1 is 1.43 bits per heavy atom. The molecule has 1 aromatic carbocycles. The van der Waals surface area contributed by atoms with Crippen LogP contribution in [0.3, 0.4) is 0 Å². The number of halogens is 3. The maximum Gasteiger partial charge on any atom is 0.534 e. The van der Waals surface area contributed by atoms with Crippen molar-refractivity contribution >= 4 is 10.1 Å². The number of rotatable bonds is 4. The number of nitrogens with zero attached hydrogens (tertiary/aromatic N) is 1. The molecule has 0 saturated heterocycles. The third-order valence-corrected chi connectivity index (χ3v) is 4.83. The molecule has 126 valence electrons. The Bertz CT molecular complexity index is 722. The van der Waals surface area contributed by atoms with Gasteiger partial charge in [-0.25, -0.2) is 0 Å². The van der Waals surface area contributed by atoms with Crippen LogP contribution in [0.25, 0.3) is 0 Å². The van der Waals surface area contributed by atoms with Gasteiger partial charge < -0.3 is 4.18 Å². The lowest BCUT2D eigenvalue weighted by atomic mass is 9.87. The quantitative estimate of drug-likeness (QED) is 0.477. The summed E-state index contributed by atoms with van der Waals surface area (Å²) in [6.45, 7) is 0.407. The Kier molecular flexibility index (Phi) is 4.92. The normalized spacial score (nSPS) is 18.3. The molecule has 1 unspecified atom stereocenters. The van der Waals surface area contributed by atoms with Crippen molar-refractivity contribution in [1.29, 1.82) is 0 Å². The molecule has 0 aliphatic heterocycles. The first kappa shape index (κ1) is 17.6. The van der Waals surface area contributed by atoms with Gasteiger partial charge in [0.15, 0.2) is 0 Å². The van der Waals surface area contributed by atoms with Crippen LogP contribution in [-0.4, -0.2) is 38.5 Å². The predicted molar refractivity (Wildman–Crippen MR) is 79.3 cm³/mol. The molecule has 1 aliphatic carbocycles. The Hall–Kier alpha value is -1.72. The fourth-order valence-corrected chi connectivity index (χ4v) is 3.12. The highest BCUT2D eigenvalue weighted by Crippen LogP contribution is 2.34. The van der Waals surface area contributed by atoms with Crippen molar-refractivity contribution in [1.82, 2.24) is 4.90 Å². The fourth-order valence-electron chi connectivity index (χ4n) is 2.63. The third-order valence-electron chi connectivity index (χ3n) is 3.86. The van der Waals surface area contributed by atoms with Crippen LogP contribution in [0.15, 0.2) is 18.2 Å². The Balaban J connectivity index is 2.31. The van der Waals surface area contributed by atoms with Crippen LogP contribution in [0.4, 0.5) is 13.2 Å². The summed E-state index contributed by atoms with van der Waals surface area (Å²) >= 11 is 0. The molecular formula is C15H16F3NO3S. The third kappa shape index (κ3) is 3.79. The zero-order valence-corrected chi connectivity index (χ0v) is 13.2. The maximum absolute atomic E-state index is 12.5. The number of aryl methyl sites for hydroxylation is 1. The van der Waals surface area contributed by atoms with Gasteiger partial charge >= 0.3 is 15.6 Å². The molecule has 1 aromatic rings. The van der Waals surface area contributed by atoms with E-state index in [1.807, 2.05) is 11.9 Å². The van der Waals surface area contributed by atoms with E-state index in [4.69, 9.17) is 6.42 Å². The molecule has 0 spiro atoms. The van der Waals surface area contributed by atoms with E-state index in [1.165, 1.54) is 12.1 Å². The maximum atomic E-state index is 12.5. The first-order valence-electron chi connectivity index (χ1n) is 6.91. The van der Waals surface area contributed by atoms with Crippen LogP contribution >= 0.6 is 0 Å². The van der Waals surface area contributed by atoms with E-state index in [2.05, 4.69) is 10.1 Å². The summed E-state index contributed by atoms with van der Waals surface area (Å²) in [5, 5.41) is 0. The van der Waals surface area contributed by atoms with Gasteiger partial charge in [-0.1, -0.05) is 18.1 Å². The molecule has 0 fully saturated rings. The van der Waals surface area contributed by atoms with Gasteiger partial charge in [-0.15, -0.1) is 6.42 Å². The zero-order valence-electron chi connectivity index (χ0n) is 12.4. The van der Waals surface area contributed by atoms with Crippen molar-refractivity contribution in [2.24, 2.45) is 0 Å². The molecule has 8 heteroatoms. The van der Waals surface area contributed by atoms with E-state index in [-0.39, 0.29) is 11.8 Å². The monoisotopic (exact) mass is 347 g/mol. The summed E-state index contributed by atoms with van der Waals surface area (Å²) in [6.07, 6.45) is 7.07. The smallest absolute Gasteiger partial charge is 0.376 e.